The first-order chi connectivity index (χ1) is 8.70. The van der Waals surface area contributed by atoms with Gasteiger partial charge in [-0.2, -0.15) is 0 Å². The van der Waals surface area contributed by atoms with Gasteiger partial charge in [0.1, 0.15) is 11.4 Å². The van der Waals surface area contributed by atoms with Crippen LogP contribution in [0.4, 0.5) is 0 Å². The van der Waals surface area contributed by atoms with Crippen molar-refractivity contribution in [1.82, 2.24) is 9.97 Å². The number of nitrogens with two attached hydrogens (primary N) is 1. The maximum atomic E-state index is 11.7. The SMILES string of the molecule is CCOC1(c2nc(CN)cc(=O)[nH]2)CCCCC1. The molecule has 1 heterocycles. The van der Waals surface area contributed by atoms with Crippen molar-refractivity contribution in [3.05, 3.63) is 27.9 Å². The van der Waals surface area contributed by atoms with E-state index in [9.17, 15) is 4.79 Å². The molecule has 1 aliphatic carbocycles. The van der Waals surface area contributed by atoms with E-state index in [2.05, 4.69) is 9.97 Å². The molecule has 3 N–H and O–H groups in total. The van der Waals surface area contributed by atoms with Crippen molar-refractivity contribution < 1.29 is 4.74 Å². The minimum atomic E-state index is -0.419. The molecule has 100 valence electrons. The minimum absolute atomic E-state index is 0.148. The number of aromatic nitrogens is 2. The predicted octanol–water partition coefficient (Wildman–Crippen LogP) is 1.42. The molecule has 0 atom stereocenters. The van der Waals surface area contributed by atoms with Crippen LogP contribution in [0.5, 0.6) is 0 Å². The van der Waals surface area contributed by atoms with E-state index in [0.717, 1.165) is 25.7 Å². The Labute approximate surface area is 107 Å². The monoisotopic (exact) mass is 251 g/mol. The summed E-state index contributed by atoms with van der Waals surface area (Å²) in [6.07, 6.45) is 5.26. The Morgan fingerprint density at radius 1 is 1.44 bits per heavy atom. The summed E-state index contributed by atoms with van der Waals surface area (Å²) >= 11 is 0. The number of hydrogen-bond donors (Lipinski definition) is 2. The van der Waals surface area contributed by atoms with Gasteiger partial charge in [-0.1, -0.05) is 19.3 Å². The maximum absolute atomic E-state index is 11.7. The molecule has 0 aliphatic heterocycles. The quantitative estimate of drug-likeness (QED) is 0.848. The lowest BCUT2D eigenvalue weighted by molar-refractivity contribution is -0.0769. The summed E-state index contributed by atoms with van der Waals surface area (Å²) in [4.78, 5) is 18.9. The molecule has 1 saturated carbocycles. The predicted molar refractivity (Wildman–Crippen MR) is 69.1 cm³/mol. The lowest BCUT2D eigenvalue weighted by Gasteiger charge is -2.36. The smallest absolute Gasteiger partial charge is 0.251 e. The molecule has 5 nitrogen and oxygen atoms in total. The maximum Gasteiger partial charge on any atom is 0.251 e. The lowest BCUT2D eigenvalue weighted by atomic mass is 9.83. The summed E-state index contributed by atoms with van der Waals surface area (Å²) in [6, 6.07) is 1.45. The third kappa shape index (κ3) is 2.62. The molecule has 1 aliphatic rings. The highest BCUT2D eigenvalue weighted by atomic mass is 16.5. The zero-order valence-corrected chi connectivity index (χ0v) is 10.9. The van der Waals surface area contributed by atoms with E-state index in [1.54, 1.807) is 0 Å². The van der Waals surface area contributed by atoms with Crippen LogP contribution < -0.4 is 11.3 Å². The van der Waals surface area contributed by atoms with Gasteiger partial charge in [0, 0.05) is 19.2 Å². The van der Waals surface area contributed by atoms with Gasteiger partial charge in [0.05, 0.1) is 5.69 Å². The molecule has 1 aromatic heterocycles. The van der Waals surface area contributed by atoms with Gasteiger partial charge in [0.15, 0.2) is 0 Å². The minimum Gasteiger partial charge on any atom is -0.367 e. The highest BCUT2D eigenvalue weighted by Crippen LogP contribution is 2.38. The van der Waals surface area contributed by atoms with Gasteiger partial charge in [0.25, 0.3) is 5.56 Å². The summed E-state index contributed by atoms with van der Waals surface area (Å²) in [5.74, 6) is 0.650. The van der Waals surface area contributed by atoms with Crippen LogP contribution in [0.3, 0.4) is 0 Å². The molecule has 2 rings (SSSR count). The second-order valence-corrected chi connectivity index (χ2v) is 4.78. The zero-order chi connectivity index (χ0) is 13.0. The average Bonchev–Trinajstić information content (AvgIpc) is 2.39. The molecule has 1 aromatic rings. The first-order valence-electron chi connectivity index (χ1n) is 6.65. The Bertz CT molecular complexity index is 444. The second kappa shape index (κ2) is 5.63. The highest BCUT2D eigenvalue weighted by molar-refractivity contribution is 5.10. The van der Waals surface area contributed by atoms with Crippen molar-refractivity contribution >= 4 is 0 Å². The molecule has 0 aromatic carbocycles. The number of H-pyrrole nitrogens is 1. The molecule has 1 fully saturated rings. The van der Waals surface area contributed by atoms with E-state index in [0.29, 0.717) is 18.1 Å². The van der Waals surface area contributed by atoms with E-state index in [1.807, 2.05) is 6.92 Å². The molecule has 0 unspecified atom stereocenters. The van der Waals surface area contributed by atoms with Crippen molar-refractivity contribution in [2.24, 2.45) is 5.73 Å². The summed E-state index contributed by atoms with van der Waals surface area (Å²) in [5, 5.41) is 0. The van der Waals surface area contributed by atoms with Crippen LogP contribution in [-0.4, -0.2) is 16.6 Å². The van der Waals surface area contributed by atoms with Crippen molar-refractivity contribution in [3.63, 3.8) is 0 Å². The fourth-order valence-corrected chi connectivity index (χ4v) is 2.68. The Balaban J connectivity index is 2.41. The third-order valence-electron chi connectivity index (χ3n) is 3.52. The van der Waals surface area contributed by atoms with Gasteiger partial charge < -0.3 is 15.5 Å². The van der Waals surface area contributed by atoms with Gasteiger partial charge in [0.2, 0.25) is 0 Å². The van der Waals surface area contributed by atoms with Crippen LogP contribution in [0.2, 0.25) is 0 Å². The molecular formula is C13H21N3O2. The average molecular weight is 251 g/mol. The Kier molecular flexibility index (Phi) is 4.14. The number of rotatable bonds is 4. The van der Waals surface area contributed by atoms with Crippen LogP contribution in [0.15, 0.2) is 10.9 Å². The van der Waals surface area contributed by atoms with Gasteiger partial charge in [-0.3, -0.25) is 4.79 Å². The van der Waals surface area contributed by atoms with E-state index in [1.165, 1.54) is 12.5 Å². The second-order valence-electron chi connectivity index (χ2n) is 4.78. The van der Waals surface area contributed by atoms with Crippen molar-refractivity contribution in [3.8, 4) is 0 Å². The molecule has 0 spiro atoms. The Morgan fingerprint density at radius 3 is 2.78 bits per heavy atom. The fraction of sp³-hybridized carbons (Fsp3) is 0.692. The van der Waals surface area contributed by atoms with Crippen LogP contribution in [0, 0.1) is 0 Å². The number of ether oxygens (including phenoxy) is 1. The molecule has 0 bridgehead atoms. The van der Waals surface area contributed by atoms with E-state index < -0.39 is 5.60 Å². The topological polar surface area (TPSA) is 81.0 Å². The molecule has 0 saturated heterocycles. The fourth-order valence-electron chi connectivity index (χ4n) is 2.68. The largest absolute Gasteiger partial charge is 0.367 e. The van der Waals surface area contributed by atoms with E-state index >= 15 is 0 Å². The molecule has 0 amide bonds. The zero-order valence-electron chi connectivity index (χ0n) is 10.9. The Morgan fingerprint density at radius 2 is 2.17 bits per heavy atom. The lowest BCUT2D eigenvalue weighted by Crippen LogP contribution is -2.36. The van der Waals surface area contributed by atoms with Crippen molar-refractivity contribution in [2.75, 3.05) is 6.61 Å². The van der Waals surface area contributed by atoms with Crippen LogP contribution >= 0.6 is 0 Å². The van der Waals surface area contributed by atoms with Crippen LogP contribution in [0.25, 0.3) is 0 Å². The van der Waals surface area contributed by atoms with Gasteiger partial charge in [-0.15, -0.1) is 0 Å². The van der Waals surface area contributed by atoms with Gasteiger partial charge in [-0.05, 0) is 19.8 Å². The van der Waals surface area contributed by atoms with E-state index in [-0.39, 0.29) is 12.1 Å². The number of nitrogens with zero attached hydrogens (tertiary/aromatic N) is 1. The van der Waals surface area contributed by atoms with Crippen LogP contribution in [0.1, 0.15) is 50.5 Å². The summed E-state index contributed by atoms with van der Waals surface area (Å²) < 4.78 is 5.94. The molecule has 18 heavy (non-hydrogen) atoms. The molecule has 5 heteroatoms. The summed E-state index contributed by atoms with van der Waals surface area (Å²) in [7, 11) is 0. The van der Waals surface area contributed by atoms with Crippen molar-refractivity contribution in [2.45, 2.75) is 51.2 Å². The van der Waals surface area contributed by atoms with E-state index in [4.69, 9.17) is 10.5 Å². The summed E-state index contributed by atoms with van der Waals surface area (Å²) in [5.41, 5.74) is 5.63. The number of hydrogen-bond acceptors (Lipinski definition) is 4. The Hall–Kier alpha value is -1.20. The first kappa shape index (κ1) is 13.2. The van der Waals surface area contributed by atoms with Gasteiger partial charge in [-0.25, -0.2) is 4.98 Å². The van der Waals surface area contributed by atoms with Gasteiger partial charge >= 0.3 is 0 Å². The van der Waals surface area contributed by atoms with Crippen LogP contribution in [-0.2, 0) is 16.9 Å². The highest BCUT2D eigenvalue weighted by Gasteiger charge is 2.37. The number of nitrogens with one attached hydrogen (secondary N) is 1. The van der Waals surface area contributed by atoms with Crippen molar-refractivity contribution in [1.29, 1.82) is 0 Å². The number of aromatic amines is 1. The molecular weight excluding hydrogens is 230 g/mol. The molecule has 0 radical (unpaired) electrons. The standard InChI is InChI=1S/C13H21N3O2/c1-2-18-13(6-4-3-5-7-13)12-15-10(9-14)8-11(17)16-12/h8H,2-7,9,14H2,1H3,(H,15,16,17). The normalized spacial score (nSPS) is 18.8. The summed E-state index contributed by atoms with van der Waals surface area (Å²) in [6.45, 7) is 2.87. The third-order valence-corrected chi connectivity index (χ3v) is 3.52. The first-order valence-corrected chi connectivity index (χ1v) is 6.65.